The van der Waals surface area contributed by atoms with E-state index in [1.807, 2.05) is 48.7 Å². The van der Waals surface area contributed by atoms with E-state index in [4.69, 9.17) is 11.6 Å². The van der Waals surface area contributed by atoms with Gasteiger partial charge in [0.2, 0.25) is 5.91 Å². The van der Waals surface area contributed by atoms with E-state index in [0.29, 0.717) is 10.2 Å². The summed E-state index contributed by atoms with van der Waals surface area (Å²) >= 11 is 7.34. The molecule has 0 saturated heterocycles. The molecule has 2 aromatic heterocycles. The SMILES string of the molecule is Cc1ccc(Cl)cc1NC(=O)C(C)Sc1nnc2ccccn12. The Morgan fingerprint density at radius 1 is 1.30 bits per heavy atom. The molecule has 0 aliphatic carbocycles. The Bertz CT molecular complexity index is 864. The van der Waals surface area contributed by atoms with E-state index in [0.717, 1.165) is 16.9 Å². The van der Waals surface area contributed by atoms with Crippen LogP contribution in [0.5, 0.6) is 0 Å². The van der Waals surface area contributed by atoms with Crippen LogP contribution in [-0.4, -0.2) is 25.8 Å². The molecule has 5 nitrogen and oxygen atoms in total. The summed E-state index contributed by atoms with van der Waals surface area (Å²) < 4.78 is 1.86. The predicted molar refractivity (Wildman–Crippen MR) is 93.1 cm³/mol. The number of amides is 1. The Balaban J connectivity index is 1.74. The van der Waals surface area contributed by atoms with E-state index in [2.05, 4.69) is 15.5 Å². The Kier molecular flexibility index (Phi) is 4.54. The van der Waals surface area contributed by atoms with Crippen LogP contribution >= 0.6 is 23.4 Å². The van der Waals surface area contributed by atoms with Gasteiger partial charge < -0.3 is 5.32 Å². The average Bonchev–Trinajstić information content (AvgIpc) is 2.94. The van der Waals surface area contributed by atoms with Gasteiger partial charge in [-0.25, -0.2) is 0 Å². The lowest BCUT2D eigenvalue weighted by molar-refractivity contribution is -0.115. The highest BCUT2D eigenvalue weighted by Gasteiger charge is 2.18. The fourth-order valence-corrected chi connectivity index (χ4v) is 3.08. The molecule has 0 saturated carbocycles. The van der Waals surface area contributed by atoms with Crippen LogP contribution in [-0.2, 0) is 4.79 Å². The molecule has 0 aliphatic rings. The summed E-state index contributed by atoms with van der Waals surface area (Å²) in [5, 5.41) is 12.1. The topological polar surface area (TPSA) is 59.3 Å². The van der Waals surface area contributed by atoms with Gasteiger partial charge in [-0.1, -0.05) is 35.5 Å². The first-order valence-electron chi connectivity index (χ1n) is 7.08. The second kappa shape index (κ2) is 6.60. The first kappa shape index (κ1) is 15.8. The average molecular weight is 347 g/mol. The van der Waals surface area contributed by atoms with Gasteiger partial charge in [0.1, 0.15) is 0 Å². The Morgan fingerprint density at radius 2 is 2.13 bits per heavy atom. The smallest absolute Gasteiger partial charge is 0.237 e. The molecule has 0 fully saturated rings. The minimum Gasteiger partial charge on any atom is -0.325 e. The Hall–Kier alpha value is -2.05. The second-order valence-corrected chi connectivity index (χ2v) is 6.86. The number of hydrogen-bond acceptors (Lipinski definition) is 4. The highest BCUT2D eigenvalue weighted by molar-refractivity contribution is 8.00. The number of pyridine rings is 1. The van der Waals surface area contributed by atoms with Crippen molar-refractivity contribution < 1.29 is 4.79 Å². The van der Waals surface area contributed by atoms with Gasteiger partial charge >= 0.3 is 0 Å². The van der Waals surface area contributed by atoms with Crippen molar-refractivity contribution in [2.75, 3.05) is 5.32 Å². The summed E-state index contributed by atoms with van der Waals surface area (Å²) in [5.74, 6) is -0.104. The quantitative estimate of drug-likeness (QED) is 0.730. The van der Waals surface area contributed by atoms with Crippen LogP contribution in [0.4, 0.5) is 5.69 Å². The summed E-state index contributed by atoms with van der Waals surface area (Å²) in [6.07, 6.45) is 1.88. The molecule has 0 spiro atoms. The van der Waals surface area contributed by atoms with Crippen molar-refractivity contribution in [3.63, 3.8) is 0 Å². The molecule has 1 N–H and O–H groups in total. The third-order valence-corrected chi connectivity index (χ3v) is 4.68. The third kappa shape index (κ3) is 3.48. The molecule has 1 atom stereocenters. The molecular weight excluding hydrogens is 332 g/mol. The van der Waals surface area contributed by atoms with E-state index in [-0.39, 0.29) is 11.2 Å². The van der Waals surface area contributed by atoms with Crippen LogP contribution in [0, 0.1) is 6.92 Å². The van der Waals surface area contributed by atoms with Gasteiger partial charge in [0.05, 0.1) is 5.25 Å². The molecule has 1 amide bonds. The first-order chi connectivity index (χ1) is 11.0. The van der Waals surface area contributed by atoms with Crippen molar-refractivity contribution in [2.45, 2.75) is 24.3 Å². The zero-order chi connectivity index (χ0) is 16.4. The molecule has 0 aliphatic heterocycles. The summed E-state index contributed by atoms with van der Waals surface area (Å²) in [6.45, 7) is 3.76. The number of hydrogen-bond donors (Lipinski definition) is 1. The van der Waals surface area contributed by atoms with Crippen molar-refractivity contribution in [3.05, 3.63) is 53.2 Å². The number of carbonyl (C=O) groups is 1. The van der Waals surface area contributed by atoms with Gasteiger partial charge in [-0.05, 0) is 43.7 Å². The van der Waals surface area contributed by atoms with Crippen molar-refractivity contribution >= 4 is 40.6 Å². The lowest BCUT2D eigenvalue weighted by Gasteiger charge is -2.13. The number of aryl methyl sites for hydroxylation is 1. The molecule has 23 heavy (non-hydrogen) atoms. The molecule has 3 aromatic rings. The summed E-state index contributed by atoms with van der Waals surface area (Å²) in [4.78, 5) is 12.4. The number of benzene rings is 1. The molecule has 3 rings (SSSR count). The number of nitrogens with zero attached hydrogens (tertiary/aromatic N) is 3. The van der Waals surface area contributed by atoms with Gasteiger partial charge in [-0.2, -0.15) is 0 Å². The second-order valence-electron chi connectivity index (χ2n) is 5.12. The van der Waals surface area contributed by atoms with Crippen LogP contribution in [0.15, 0.2) is 47.8 Å². The summed E-state index contributed by atoms with van der Waals surface area (Å²) in [5.41, 5.74) is 2.45. The summed E-state index contributed by atoms with van der Waals surface area (Å²) in [6, 6.07) is 11.1. The maximum atomic E-state index is 12.4. The van der Waals surface area contributed by atoms with Crippen LogP contribution in [0.3, 0.4) is 0 Å². The van der Waals surface area contributed by atoms with Crippen LogP contribution in [0.25, 0.3) is 5.65 Å². The molecule has 7 heteroatoms. The molecular formula is C16H15ClN4OS. The van der Waals surface area contributed by atoms with Gasteiger partial charge in [-0.3, -0.25) is 9.20 Å². The molecule has 118 valence electrons. The number of nitrogens with one attached hydrogen (secondary N) is 1. The van der Waals surface area contributed by atoms with Gasteiger partial charge in [0, 0.05) is 16.9 Å². The van der Waals surface area contributed by atoms with Gasteiger partial charge in [0.25, 0.3) is 0 Å². The standard InChI is InChI=1S/C16H15ClN4OS/c1-10-6-7-12(17)9-13(10)18-15(22)11(2)23-16-20-19-14-5-3-4-8-21(14)16/h3-9,11H,1-2H3,(H,18,22). The highest BCUT2D eigenvalue weighted by atomic mass is 35.5. The van der Waals surface area contributed by atoms with Crippen LogP contribution in [0.1, 0.15) is 12.5 Å². The minimum absolute atomic E-state index is 0.104. The number of halogens is 1. The zero-order valence-electron chi connectivity index (χ0n) is 12.7. The molecule has 2 heterocycles. The maximum absolute atomic E-state index is 12.4. The lowest BCUT2D eigenvalue weighted by atomic mass is 10.2. The number of carbonyl (C=O) groups excluding carboxylic acids is 1. The molecule has 0 radical (unpaired) electrons. The monoisotopic (exact) mass is 346 g/mol. The first-order valence-corrected chi connectivity index (χ1v) is 8.34. The Labute approximate surface area is 143 Å². The number of anilines is 1. The number of rotatable bonds is 4. The van der Waals surface area contributed by atoms with Gasteiger partial charge in [-0.15, -0.1) is 10.2 Å². The van der Waals surface area contributed by atoms with E-state index in [1.54, 1.807) is 12.1 Å². The number of fused-ring (bicyclic) bond motifs is 1. The fraction of sp³-hybridized carbons (Fsp3) is 0.188. The highest BCUT2D eigenvalue weighted by Crippen LogP contribution is 2.25. The predicted octanol–water partition coefficient (Wildman–Crippen LogP) is 3.81. The fourth-order valence-electron chi connectivity index (χ4n) is 2.07. The van der Waals surface area contributed by atoms with Crippen molar-refractivity contribution in [1.29, 1.82) is 0 Å². The van der Waals surface area contributed by atoms with Crippen molar-refractivity contribution in [1.82, 2.24) is 14.6 Å². The lowest BCUT2D eigenvalue weighted by Crippen LogP contribution is -2.23. The molecule has 1 unspecified atom stereocenters. The maximum Gasteiger partial charge on any atom is 0.237 e. The summed E-state index contributed by atoms with van der Waals surface area (Å²) in [7, 11) is 0. The van der Waals surface area contributed by atoms with Crippen molar-refractivity contribution in [3.8, 4) is 0 Å². The van der Waals surface area contributed by atoms with E-state index in [9.17, 15) is 4.79 Å². The van der Waals surface area contributed by atoms with Crippen LogP contribution in [0.2, 0.25) is 5.02 Å². The molecule has 0 bridgehead atoms. The number of aromatic nitrogens is 3. The normalized spacial score (nSPS) is 12.3. The van der Waals surface area contributed by atoms with E-state index in [1.165, 1.54) is 11.8 Å². The van der Waals surface area contributed by atoms with Gasteiger partial charge in [0.15, 0.2) is 10.8 Å². The largest absolute Gasteiger partial charge is 0.325 e. The van der Waals surface area contributed by atoms with Crippen LogP contribution < -0.4 is 5.32 Å². The zero-order valence-corrected chi connectivity index (χ0v) is 14.2. The van der Waals surface area contributed by atoms with E-state index >= 15 is 0 Å². The number of thioether (sulfide) groups is 1. The third-order valence-electron chi connectivity index (χ3n) is 3.39. The minimum atomic E-state index is -0.319. The van der Waals surface area contributed by atoms with E-state index < -0.39 is 0 Å². The molecule has 1 aromatic carbocycles. The van der Waals surface area contributed by atoms with Crippen molar-refractivity contribution in [2.24, 2.45) is 0 Å². The Morgan fingerprint density at radius 3 is 2.96 bits per heavy atom.